The molecule has 1 N–H and O–H groups in total. The zero-order valence-corrected chi connectivity index (χ0v) is 11.0. The van der Waals surface area contributed by atoms with E-state index < -0.39 is 0 Å². The van der Waals surface area contributed by atoms with Gasteiger partial charge in [-0.1, -0.05) is 32.0 Å². The van der Waals surface area contributed by atoms with Crippen LogP contribution in [0.3, 0.4) is 0 Å². The lowest BCUT2D eigenvalue weighted by Crippen LogP contribution is -2.36. The molecule has 0 bridgehead atoms. The molecule has 0 saturated carbocycles. The van der Waals surface area contributed by atoms with Crippen LogP contribution in [0.1, 0.15) is 29.8 Å². The summed E-state index contributed by atoms with van der Waals surface area (Å²) >= 11 is 0. The summed E-state index contributed by atoms with van der Waals surface area (Å²) in [4.78, 5) is 11.9. The van der Waals surface area contributed by atoms with Gasteiger partial charge in [0.25, 0.3) is 5.91 Å². The predicted octanol–water partition coefficient (Wildman–Crippen LogP) is 2.40. The summed E-state index contributed by atoms with van der Waals surface area (Å²) in [6.45, 7) is 6.63. The number of rotatable bonds is 5. The van der Waals surface area contributed by atoms with E-state index in [1.165, 1.54) is 0 Å². The van der Waals surface area contributed by atoms with Crippen molar-refractivity contribution in [2.75, 3.05) is 13.7 Å². The van der Waals surface area contributed by atoms with E-state index in [4.69, 9.17) is 4.74 Å². The molecule has 0 saturated heterocycles. The summed E-state index contributed by atoms with van der Waals surface area (Å²) in [5.74, 6) is 0.350. The molecule has 0 aliphatic heterocycles. The molecule has 0 radical (unpaired) electrons. The van der Waals surface area contributed by atoms with Crippen LogP contribution in [0.25, 0.3) is 0 Å². The number of hydrogen-bond donors (Lipinski definition) is 1. The second kappa shape index (κ2) is 6.40. The molecule has 1 unspecified atom stereocenters. The van der Waals surface area contributed by atoms with Gasteiger partial charge in [-0.3, -0.25) is 4.79 Å². The maximum absolute atomic E-state index is 11.9. The van der Waals surface area contributed by atoms with E-state index in [0.717, 1.165) is 11.1 Å². The van der Waals surface area contributed by atoms with Crippen molar-refractivity contribution in [2.24, 2.45) is 5.92 Å². The molecule has 0 aromatic heterocycles. The number of carbonyl (C=O) groups is 1. The van der Waals surface area contributed by atoms with Gasteiger partial charge in [-0.05, 0) is 24.5 Å². The van der Waals surface area contributed by atoms with Crippen LogP contribution in [-0.4, -0.2) is 25.7 Å². The summed E-state index contributed by atoms with van der Waals surface area (Å²) in [6, 6.07) is 7.57. The Balaban J connectivity index is 2.59. The van der Waals surface area contributed by atoms with Gasteiger partial charge in [0.1, 0.15) is 0 Å². The summed E-state index contributed by atoms with van der Waals surface area (Å²) in [5.41, 5.74) is 1.72. The van der Waals surface area contributed by atoms with Gasteiger partial charge >= 0.3 is 0 Å². The first-order valence-corrected chi connectivity index (χ1v) is 5.93. The van der Waals surface area contributed by atoms with Crippen LogP contribution in [0.5, 0.6) is 0 Å². The van der Waals surface area contributed by atoms with Gasteiger partial charge in [0.2, 0.25) is 0 Å². The third-order valence-electron chi connectivity index (χ3n) is 2.90. The van der Waals surface area contributed by atoms with Crippen LogP contribution in [0.15, 0.2) is 24.3 Å². The minimum Gasteiger partial charge on any atom is -0.379 e. The quantitative estimate of drug-likeness (QED) is 0.851. The molecule has 1 aromatic carbocycles. The van der Waals surface area contributed by atoms with Crippen molar-refractivity contribution >= 4 is 5.91 Å². The van der Waals surface area contributed by atoms with E-state index in [2.05, 4.69) is 19.2 Å². The third kappa shape index (κ3) is 3.86. The van der Waals surface area contributed by atoms with E-state index in [1.54, 1.807) is 7.11 Å². The molecule has 94 valence electrons. The van der Waals surface area contributed by atoms with Gasteiger partial charge in [-0.15, -0.1) is 0 Å². The monoisotopic (exact) mass is 235 g/mol. The van der Waals surface area contributed by atoms with Crippen LogP contribution >= 0.6 is 0 Å². The predicted molar refractivity (Wildman–Crippen MR) is 69.1 cm³/mol. The number of benzene rings is 1. The molecule has 1 atom stereocenters. The van der Waals surface area contributed by atoms with Gasteiger partial charge < -0.3 is 10.1 Å². The molecule has 0 spiro atoms. The SMILES string of the molecule is COC(CNC(=O)c1ccccc1C)C(C)C. The van der Waals surface area contributed by atoms with Crippen LogP contribution in [0.4, 0.5) is 0 Å². The lowest BCUT2D eigenvalue weighted by atomic mass is 10.1. The molecule has 17 heavy (non-hydrogen) atoms. The maximum atomic E-state index is 11.9. The number of methoxy groups -OCH3 is 1. The Bertz CT molecular complexity index is 374. The van der Waals surface area contributed by atoms with Crippen LogP contribution < -0.4 is 5.32 Å². The summed E-state index contributed by atoms with van der Waals surface area (Å²) in [7, 11) is 1.67. The Morgan fingerprint density at radius 1 is 1.35 bits per heavy atom. The molecule has 1 rings (SSSR count). The maximum Gasteiger partial charge on any atom is 0.251 e. The van der Waals surface area contributed by atoms with E-state index >= 15 is 0 Å². The summed E-state index contributed by atoms with van der Waals surface area (Å²) in [6.07, 6.45) is 0.0583. The summed E-state index contributed by atoms with van der Waals surface area (Å²) < 4.78 is 5.31. The Kier molecular flexibility index (Phi) is 5.16. The molecule has 1 amide bonds. The second-order valence-electron chi connectivity index (χ2n) is 4.54. The van der Waals surface area contributed by atoms with Gasteiger partial charge in [-0.2, -0.15) is 0 Å². The van der Waals surface area contributed by atoms with Gasteiger partial charge in [0.15, 0.2) is 0 Å². The zero-order valence-electron chi connectivity index (χ0n) is 11.0. The van der Waals surface area contributed by atoms with Crippen LogP contribution in [0, 0.1) is 12.8 Å². The molecule has 0 heterocycles. The van der Waals surface area contributed by atoms with Crippen molar-refractivity contribution in [3.8, 4) is 0 Å². The van der Waals surface area contributed by atoms with Crippen LogP contribution in [-0.2, 0) is 4.74 Å². The first-order valence-electron chi connectivity index (χ1n) is 5.93. The largest absolute Gasteiger partial charge is 0.379 e. The molecule has 0 fully saturated rings. The average Bonchev–Trinajstić information content (AvgIpc) is 2.29. The summed E-state index contributed by atoms with van der Waals surface area (Å²) in [5, 5.41) is 2.91. The van der Waals surface area contributed by atoms with Crippen molar-refractivity contribution in [3.63, 3.8) is 0 Å². The van der Waals surface area contributed by atoms with Crippen molar-refractivity contribution in [1.29, 1.82) is 0 Å². The highest BCUT2D eigenvalue weighted by molar-refractivity contribution is 5.95. The molecular weight excluding hydrogens is 214 g/mol. The Hall–Kier alpha value is -1.35. The first-order chi connectivity index (χ1) is 8.06. The molecule has 3 nitrogen and oxygen atoms in total. The molecule has 0 aliphatic rings. The van der Waals surface area contributed by atoms with E-state index in [-0.39, 0.29) is 12.0 Å². The Morgan fingerprint density at radius 3 is 2.53 bits per heavy atom. The molecule has 1 aromatic rings. The van der Waals surface area contributed by atoms with E-state index in [9.17, 15) is 4.79 Å². The number of nitrogens with one attached hydrogen (secondary N) is 1. The van der Waals surface area contributed by atoms with Gasteiger partial charge in [0.05, 0.1) is 6.10 Å². The van der Waals surface area contributed by atoms with Gasteiger partial charge in [0, 0.05) is 19.2 Å². The van der Waals surface area contributed by atoms with Gasteiger partial charge in [-0.25, -0.2) is 0 Å². The lowest BCUT2D eigenvalue weighted by molar-refractivity contribution is 0.0605. The Labute approximate surface area is 103 Å². The zero-order chi connectivity index (χ0) is 12.8. The third-order valence-corrected chi connectivity index (χ3v) is 2.90. The normalized spacial score (nSPS) is 12.5. The fraction of sp³-hybridized carbons (Fsp3) is 0.500. The van der Waals surface area contributed by atoms with Crippen molar-refractivity contribution < 1.29 is 9.53 Å². The minimum atomic E-state index is -0.0363. The highest BCUT2D eigenvalue weighted by atomic mass is 16.5. The average molecular weight is 235 g/mol. The number of ether oxygens (including phenoxy) is 1. The highest BCUT2D eigenvalue weighted by Gasteiger charge is 2.14. The van der Waals surface area contributed by atoms with Crippen molar-refractivity contribution in [1.82, 2.24) is 5.32 Å². The first kappa shape index (κ1) is 13.7. The van der Waals surface area contributed by atoms with Crippen molar-refractivity contribution in [3.05, 3.63) is 35.4 Å². The van der Waals surface area contributed by atoms with E-state index in [1.807, 2.05) is 31.2 Å². The fourth-order valence-electron chi connectivity index (χ4n) is 1.71. The topological polar surface area (TPSA) is 38.3 Å². The minimum absolute atomic E-state index is 0.0363. The lowest BCUT2D eigenvalue weighted by Gasteiger charge is -2.19. The van der Waals surface area contributed by atoms with E-state index in [0.29, 0.717) is 12.5 Å². The smallest absolute Gasteiger partial charge is 0.251 e. The molecule has 0 aliphatic carbocycles. The highest BCUT2D eigenvalue weighted by Crippen LogP contribution is 2.08. The number of aryl methyl sites for hydroxylation is 1. The molecule has 3 heteroatoms. The number of carbonyl (C=O) groups excluding carboxylic acids is 1. The second-order valence-corrected chi connectivity index (χ2v) is 4.54. The number of amides is 1. The number of hydrogen-bond acceptors (Lipinski definition) is 2. The Morgan fingerprint density at radius 2 is 2.00 bits per heavy atom. The van der Waals surface area contributed by atoms with Crippen molar-refractivity contribution in [2.45, 2.75) is 26.9 Å². The van der Waals surface area contributed by atoms with Crippen LogP contribution in [0.2, 0.25) is 0 Å². The molecular formula is C14H21NO2. The standard InChI is InChI=1S/C14H21NO2/c1-10(2)13(17-4)9-15-14(16)12-8-6-5-7-11(12)3/h5-8,10,13H,9H2,1-4H3,(H,15,16). The fourth-order valence-corrected chi connectivity index (χ4v) is 1.71.